The molecule has 21 heavy (non-hydrogen) atoms. The number of aromatic nitrogens is 3. The Kier molecular flexibility index (Phi) is 4.10. The maximum Gasteiger partial charge on any atom is 0.173 e. The van der Waals surface area contributed by atoms with Crippen LogP contribution in [0.25, 0.3) is 0 Å². The molecule has 2 heterocycles. The number of Topliss-reactive ketones (excluding diaryl/α,β-unsaturated/α-hetero) is 1. The molecule has 1 aromatic carbocycles. The molecule has 5 heteroatoms. The molecule has 0 spiro atoms. The number of nitrogens with zero attached hydrogens (tertiary/aromatic N) is 3. The molecule has 110 valence electrons. The lowest BCUT2D eigenvalue weighted by atomic mass is 9.94. The Morgan fingerprint density at radius 2 is 2.29 bits per heavy atom. The molecule has 0 amide bonds. The molecule has 1 aliphatic heterocycles. The third-order valence-electron chi connectivity index (χ3n) is 3.75. The molecule has 3 rings (SSSR count). The maximum atomic E-state index is 12.6. The van der Waals surface area contributed by atoms with E-state index < -0.39 is 6.10 Å². The summed E-state index contributed by atoms with van der Waals surface area (Å²) >= 11 is 0. The fourth-order valence-corrected chi connectivity index (χ4v) is 2.73. The van der Waals surface area contributed by atoms with Gasteiger partial charge < -0.3 is 4.74 Å². The number of rotatable bonds is 5. The zero-order chi connectivity index (χ0) is 14.7. The molecule has 5 nitrogen and oxygen atoms in total. The minimum Gasteiger partial charge on any atom is -0.365 e. The number of benzene rings is 1. The van der Waals surface area contributed by atoms with E-state index in [1.54, 1.807) is 4.68 Å². The van der Waals surface area contributed by atoms with Crippen LogP contribution in [-0.4, -0.2) is 27.2 Å². The molecule has 0 saturated carbocycles. The van der Waals surface area contributed by atoms with Crippen molar-refractivity contribution < 1.29 is 9.53 Å². The Hall–Kier alpha value is -2.01. The highest BCUT2D eigenvalue weighted by molar-refractivity contribution is 5.86. The zero-order valence-corrected chi connectivity index (χ0v) is 12.2. The molecule has 0 fully saturated rings. The van der Waals surface area contributed by atoms with Crippen LogP contribution in [0.3, 0.4) is 0 Å². The minimum atomic E-state index is -0.471. The molecular formula is C16H19N3O2. The third-order valence-corrected chi connectivity index (χ3v) is 3.75. The molecule has 0 N–H and O–H groups in total. The van der Waals surface area contributed by atoms with Crippen molar-refractivity contribution in [3.63, 3.8) is 0 Å². The number of aryl methyl sites for hydroxylation is 1. The third kappa shape index (κ3) is 2.88. The average Bonchev–Trinajstić information content (AvgIpc) is 2.94. The second kappa shape index (κ2) is 6.18. The lowest BCUT2D eigenvalue weighted by Gasteiger charge is -2.24. The summed E-state index contributed by atoms with van der Waals surface area (Å²) in [5.74, 6) is 0.765. The standard InChI is InChI=1S/C16H19N3O2/c1-2-8-19-15(17-11-18-19)10-14(20)16-13-6-4-3-5-12(13)7-9-21-16/h3-6,11,16H,2,7-10H2,1H3. The molecule has 1 aromatic heterocycles. The summed E-state index contributed by atoms with van der Waals surface area (Å²) in [5.41, 5.74) is 2.20. The topological polar surface area (TPSA) is 57.0 Å². The Bertz CT molecular complexity index is 636. The summed E-state index contributed by atoms with van der Waals surface area (Å²) in [6.45, 7) is 3.45. The van der Waals surface area contributed by atoms with Gasteiger partial charge in [0.15, 0.2) is 5.78 Å². The second-order valence-electron chi connectivity index (χ2n) is 5.24. The van der Waals surface area contributed by atoms with Crippen LogP contribution in [0.2, 0.25) is 0 Å². The van der Waals surface area contributed by atoms with E-state index in [1.807, 2.05) is 18.2 Å². The molecule has 1 aliphatic rings. The number of hydrogen-bond acceptors (Lipinski definition) is 4. The van der Waals surface area contributed by atoms with Crippen LogP contribution in [-0.2, 0) is 28.9 Å². The van der Waals surface area contributed by atoms with Gasteiger partial charge in [-0.1, -0.05) is 31.2 Å². The Morgan fingerprint density at radius 3 is 3.14 bits per heavy atom. The number of hydrogen-bond donors (Lipinski definition) is 0. The van der Waals surface area contributed by atoms with Gasteiger partial charge in [0, 0.05) is 6.54 Å². The average molecular weight is 285 g/mol. The SMILES string of the molecule is CCCn1ncnc1CC(=O)C1OCCc2ccccc21. The van der Waals surface area contributed by atoms with Crippen molar-refractivity contribution in [2.45, 2.75) is 38.8 Å². The first-order valence-electron chi connectivity index (χ1n) is 7.38. The maximum absolute atomic E-state index is 12.6. The highest BCUT2D eigenvalue weighted by Gasteiger charge is 2.28. The van der Waals surface area contributed by atoms with Crippen LogP contribution < -0.4 is 0 Å². The van der Waals surface area contributed by atoms with Crippen molar-refractivity contribution in [2.24, 2.45) is 0 Å². The van der Waals surface area contributed by atoms with Gasteiger partial charge in [0.05, 0.1) is 13.0 Å². The summed E-state index contributed by atoms with van der Waals surface area (Å²) in [5, 5.41) is 4.16. The van der Waals surface area contributed by atoms with E-state index in [-0.39, 0.29) is 12.2 Å². The molecule has 1 unspecified atom stereocenters. The van der Waals surface area contributed by atoms with E-state index in [9.17, 15) is 4.79 Å². The smallest absolute Gasteiger partial charge is 0.173 e. The van der Waals surface area contributed by atoms with Crippen LogP contribution in [0.4, 0.5) is 0 Å². The number of carbonyl (C=O) groups is 1. The first kappa shape index (κ1) is 13.9. The lowest BCUT2D eigenvalue weighted by Crippen LogP contribution is -2.25. The summed E-state index contributed by atoms with van der Waals surface area (Å²) < 4.78 is 7.51. The predicted molar refractivity (Wildman–Crippen MR) is 77.9 cm³/mol. The summed E-state index contributed by atoms with van der Waals surface area (Å²) in [6, 6.07) is 8.00. The Labute approximate surface area is 124 Å². The van der Waals surface area contributed by atoms with E-state index in [4.69, 9.17) is 4.74 Å². The van der Waals surface area contributed by atoms with Gasteiger partial charge in [0.1, 0.15) is 18.3 Å². The van der Waals surface area contributed by atoms with E-state index in [2.05, 4.69) is 23.1 Å². The molecule has 0 aliphatic carbocycles. The van der Waals surface area contributed by atoms with Gasteiger partial charge in [-0.2, -0.15) is 5.10 Å². The Morgan fingerprint density at radius 1 is 1.43 bits per heavy atom. The van der Waals surface area contributed by atoms with Crippen molar-refractivity contribution in [3.8, 4) is 0 Å². The Balaban J connectivity index is 1.79. The number of fused-ring (bicyclic) bond motifs is 1. The van der Waals surface area contributed by atoms with E-state index >= 15 is 0 Å². The van der Waals surface area contributed by atoms with Gasteiger partial charge >= 0.3 is 0 Å². The fourth-order valence-electron chi connectivity index (χ4n) is 2.73. The molecule has 0 saturated heterocycles. The number of carbonyl (C=O) groups excluding carboxylic acids is 1. The van der Waals surface area contributed by atoms with Gasteiger partial charge in [0.25, 0.3) is 0 Å². The van der Waals surface area contributed by atoms with E-state index in [0.717, 1.165) is 24.9 Å². The molecule has 0 bridgehead atoms. The summed E-state index contributed by atoms with van der Waals surface area (Å²) in [7, 11) is 0. The van der Waals surface area contributed by atoms with Crippen molar-refractivity contribution >= 4 is 5.78 Å². The van der Waals surface area contributed by atoms with E-state index in [0.29, 0.717) is 12.4 Å². The summed E-state index contributed by atoms with van der Waals surface area (Å²) in [6.07, 6.45) is 3.13. The second-order valence-corrected chi connectivity index (χ2v) is 5.24. The van der Waals surface area contributed by atoms with E-state index in [1.165, 1.54) is 11.9 Å². The zero-order valence-electron chi connectivity index (χ0n) is 12.2. The van der Waals surface area contributed by atoms with Crippen LogP contribution in [0, 0.1) is 0 Å². The highest BCUT2D eigenvalue weighted by Crippen LogP contribution is 2.28. The first-order valence-corrected chi connectivity index (χ1v) is 7.38. The fraction of sp³-hybridized carbons (Fsp3) is 0.438. The van der Waals surface area contributed by atoms with Crippen LogP contribution in [0.5, 0.6) is 0 Å². The number of ketones is 1. The van der Waals surface area contributed by atoms with Crippen molar-refractivity contribution in [1.82, 2.24) is 14.8 Å². The van der Waals surface area contributed by atoms with Crippen LogP contribution in [0.1, 0.15) is 36.4 Å². The van der Waals surface area contributed by atoms with Gasteiger partial charge in [-0.05, 0) is 24.0 Å². The normalized spacial score (nSPS) is 17.5. The monoisotopic (exact) mass is 285 g/mol. The van der Waals surface area contributed by atoms with Crippen molar-refractivity contribution in [3.05, 3.63) is 47.5 Å². The number of ether oxygens (including phenoxy) is 1. The molecular weight excluding hydrogens is 266 g/mol. The first-order chi connectivity index (χ1) is 10.3. The molecule has 2 aromatic rings. The molecule has 1 atom stereocenters. The van der Waals surface area contributed by atoms with Gasteiger partial charge in [-0.15, -0.1) is 0 Å². The van der Waals surface area contributed by atoms with Crippen molar-refractivity contribution in [1.29, 1.82) is 0 Å². The van der Waals surface area contributed by atoms with Gasteiger partial charge in [-0.25, -0.2) is 9.67 Å². The predicted octanol–water partition coefficient (Wildman–Crippen LogP) is 2.11. The molecule has 0 radical (unpaired) electrons. The lowest BCUT2D eigenvalue weighted by molar-refractivity contribution is -0.131. The van der Waals surface area contributed by atoms with Crippen molar-refractivity contribution in [2.75, 3.05) is 6.61 Å². The van der Waals surface area contributed by atoms with Gasteiger partial charge in [-0.3, -0.25) is 4.79 Å². The van der Waals surface area contributed by atoms with Crippen LogP contribution >= 0.6 is 0 Å². The minimum absolute atomic E-state index is 0.0486. The van der Waals surface area contributed by atoms with Gasteiger partial charge in [0.2, 0.25) is 0 Å². The summed E-state index contributed by atoms with van der Waals surface area (Å²) in [4.78, 5) is 16.8. The highest BCUT2D eigenvalue weighted by atomic mass is 16.5. The van der Waals surface area contributed by atoms with Crippen LogP contribution in [0.15, 0.2) is 30.6 Å². The largest absolute Gasteiger partial charge is 0.365 e. The quantitative estimate of drug-likeness (QED) is 0.844.